The molecule has 0 bridgehead atoms. The molecule has 0 radical (unpaired) electrons. The Kier molecular flexibility index (Phi) is 32.4. The van der Waals surface area contributed by atoms with Crippen LogP contribution in [0.5, 0.6) is 46.0 Å². The lowest BCUT2D eigenvalue weighted by Gasteiger charge is -2.37. The number of anilines is 2. The Morgan fingerprint density at radius 1 is 0.369 bits per heavy atom. The lowest BCUT2D eigenvalue weighted by atomic mass is 9.80. The van der Waals surface area contributed by atoms with Gasteiger partial charge in [-0.15, -0.1) is 0 Å². The van der Waals surface area contributed by atoms with Crippen molar-refractivity contribution < 1.29 is 108 Å². The minimum Gasteiger partial charge on any atom is -0.457 e. The Balaban J connectivity index is 1.26. The van der Waals surface area contributed by atoms with Crippen LogP contribution in [0.15, 0.2) is 121 Å². The molecule has 0 fully saturated rings. The molecule has 0 saturated carbocycles. The van der Waals surface area contributed by atoms with Crippen LogP contribution in [0.4, 0.5) is 11.4 Å². The van der Waals surface area contributed by atoms with Crippen LogP contribution in [0.2, 0.25) is 6.04 Å². The van der Waals surface area contributed by atoms with Crippen molar-refractivity contribution in [2.45, 2.75) is 85.4 Å². The zero-order valence-corrected chi connectivity index (χ0v) is 76.0. The summed E-state index contributed by atoms with van der Waals surface area (Å²) in [7, 11) is 8.59. The quantitative estimate of drug-likeness (QED) is 0.00905. The average molecular weight is 1760 g/mol. The number of ether oxygens (including phenoxy) is 6. The van der Waals surface area contributed by atoms with E-state index in [1.165, 1.54) is 21.3 Å². The van der Waals surface area contributed by atoms with E-state index in [0.717, 1.165) is 20.9 Å². The fourth-order valence-electron chi connectivity index (χ4n) is 15.5. The molecule has 9 aromatic carbocycles. The monoisotopic (exact) mass is 1760 g/mol. The molecule has 4 N–H and O–H groups in total. The molecule has 0 aliphatic carbocycles. The number of rotatable bonds is 50. The van der Waals surface area contributed by atoms with Gasteiger partial charge in [0.15, 0.2) is 0 Å². The number of fused-ring (bicyclic) bond motifs is 2. The first-order chi connectivity index (χ1) is 58.8. The third-order valence-corrected chi connectivity index (χ3v) is 31.2. The number of hydrogen-bond donors (Lipinski definition) is 4. The van der Waals surface area contributed by atoms with E-state index in [4.69, 9.17) is 79.3 Å². The fraction of sp³-hybridized carbons (Fsp3) is 0.432. The predicted octanol–water partition coefficient (Wildman–Crippen LogP) is 16.5. The van der Waals surface area contributed by atoms with Crippen molar-refractivity contribution in [3.63, 3.8) is 0 Å². The number of carbonyl (C=O) groups excluding carboxylic acids is 6. The summed E-state index contributed by atoms with van der Waals surface area (Å²) in [6, 6.07) is 32.9. The average Bonchev–Trinajstić information content (AvgIpc) is 0.669. The fourth-order valence-corrected chi connectivity index (χ4v) is 21.2. The Morgan fingerprint density at radius 3 is 0.934 bits per heavy atom. The van der Waals surface area contributed by atoms with Crippen molar-refractivity contribution >= 4 is 131 Å². The van der Waals surface area contributed by atoms with Crippen LogP contribution in [0, 0.1) is 11.8 Å². The standard InChI is InChI=1S/C88H114N6O24S3Si/c1-19-113-45-41-91-83(95)81(55(3)4)93-85(97)65-51-69(115-61-33-25-57(26-34-61)23-21-47-119(101-7,102-8)103-9)75-77-71(117-63-37-29-59(30-38-63)89-43-49-121(107-13,108-14)109-15)53-67-74-68(88(100)94(87(67)99)82(56(5)6)84(96)92-42-46-114-20-2)54-72(118-64-39-31-60(32-40-64)90-44-50-122(110-16,111-17)112-18)78(80(74)77)76-70(52-66(86(93)98)73(65)79(75)76)116-62-35-27-58(28-36-62)24-22-48-120(104-10,105-11)106-12/h25-40,51-56,81-82,89-90H,19-24,41-50H2,1-18H3,(H,91,95)(H,92,96). The van der Waals surface area contributed by atoms with E-state index in [-0.39, 0.29) is 126 Å². The van der Waals surface area contributed by atoms with Crippen LogP contribution < -0.4 is 40.2 Å². The van der Waals surface area contributed by atoms with Gasteiger partial charge in [0.2, 0.25) is 11.8 Å². The van der Waals surface area contributed by atoms with Crippen molar-refractivity contribution in [3.05, 3.63) is 155 Å². The molecule has 662 valence electrons. The first-order valence-corrected chi connectivity index (χ1v) is 47.0. The van der Waals surface area contributed by atoms with Crippen molar-refractivity contribution in [2.75, 3.05) is 166 Å². The van der Waals surface area contributed by atoms with Gasteiger partial charge in [0, 0.05) is 133 Å². The summed E-state index contributed by atoms with van der Waals surface area (Å²) in [5.74, 6) is -3.35. The second kappa shape index (κ2) is 42.1. The summed E-state index contributed by atoms with van der Waals surface area (Å²) >= 11 is 0. The zero-order valence-electron chi connectivity index (χ0n) is 72.6. The number of carbonyl (C=O) groups is 6. The summed E-state index contributed by atoms with van der Waals surface area (Å²) in [6.07, 6.45) is 2.40. The lowest BCUT2D eigenvalue weighted by molar-refractivity contribution is -0.127. The van der Waals surface area contributed by atoms with Gasteiger partial charge < -0.3 is 63.0 Å². The molecule has 30 nitrogen and oxygen atoms in total. The topological polar surface area (TPSA) is 323 Å². The van der Waals surface area contributed by atoms with Gasteiger partial charge in [0.05, 0.1) is 138 Å². The second-order valence-corrected chi connectivity index (χ2v) is 39.8. The maximum atomic E-state index is 16.5. The molecule has 122 heavy (non-hydrogen) atoms. The number of amides is 6. The summed E-state index contributed by atoms with van der Waals surface area (Å²) in [5, 5.41) is 14.3. The van der Waals surface area contributed by atoms with Gasteiger partial charge in [-0.1, -0.05) is 52.0 Å². The number of nitrogens with one attached hydrogen (secondary N) is 4. The smallest absolute Gasteiger partial charge is 0.457 e. The van der Waals surface area contributed by atoms with Crippen molar-refractivity contribution in [3.8, 4) is 46.0 Å². The molecule has 2 heterocycles. The molecule has 2 aliphatic heterocycles. The second-order valence-electron chi connectivity index (χ2n) is 29.1. The van der Waals surface area contributed by atoms with E-state index in [2.05, 4.69) is 21.3 Å². The maximum Gasteiger partial charge on any atom is 0.501 e. The van der Waals surface area contributed by atoms with Gasteiger partial charge in [0.1, 0.15) is 58.1 Å². The molecule has 2 unspecified atom stereocenters. The zero-order chi connectivity index (χ0) is 87.8. The van der Waals surface area contributed by atoms with Gasteiger partial charge >= 0.3 is 8.80 Å². The number of benzene rings is 9. The summed E-state index contributed by atoms with van der Waals surface area (Å²) < 4.78 is 109. The largest absolute Gasteiger partial charge is 0.501 e. The van der Waals surface area contributed by atoms with E-state index in [1.54, 1.807) is 164 Å². The van der Waals surface area contributed by atoms with Crippen LogP contribution >= 0.6 is 32.6 Å². The van der Waals surface area contributed by atoms with E-state index >= 15 is 19.2 Å². The van der Waals surface area contributed by atoms with Crippen molar-refractivity contribution in [1.82, 2.24) is 20.4 Å². The van der Waals surface area contributed by atoms with Crippen LogP contribution in [0.3, 0.4) is 0 Å². The minimum atomic E-state index is -3.01. The first-order valence-electron chi connectivity index (χ1n) is 40.3. The SMILES string of the molecule is CCOCCNC(=O)C(C(C)C)N1C(=O)c2cc(Oc3ccc(CCCS(OC)(OC)OC)cc3)c3c4c(Oc5ccc(NCC[Si](OC)(OC)OC)cc5)cc5c6c(cc(Oc7ccc(NCCS(OC)(OC)OC)cc7)c(c7c(Oc8ccc(CCCS(OC)(OC)OC)cc8)cc(c2c37)C1=O)c64)C(=O)N(C(C(=O)NCCOCC)C(C)C)C5=O. The Labute approximate surface area is 719 Å². The van der Waals surface area contributed by atoms with E-state index < -0.39 is 101 Å². The van der Waals surface area contributed by atoms with Crippen LogP contribution in [-0.4, -0.2) is 221 Å². The van der Waals surface area contributed by atoms with Gasteiger partial charge in [-0.3, -0.25) is 76.2 Å². The number of imide groups is 2. The van der Waals surface area contributed by atoms with Gasteiger partial charge in [-0.25, -0.2) is 0 Å². The van der Waals surface area contributed by atoms with Crippen LogP contribution in [0.1, 0.15) is 107 Å². The highest BCUT2D eigenvalue weighted by Crippen LogP contribution is 2.59. The molecular formula is C88H114N6O24S3Si. The third kappa shape index (κ3) is 20.0. The van der Waals surface area contributed by atoms with Gasteiger partial charge in [-0.2, -0.15) is 0 Å². The number of aryl methyl sites for hydroxylation is 2. The van der Waals surface area contributed by atoms with Gasteiger partial charge in [0.25, 0.3) is 23.6 Å². The third-order valence-electron chi connectivity index (χ3n) is 21.7. The van der Waals surface area contributed by atoms with E-state index in [1.807, 2.05) is 62.4 Å². The molecule has 0 spiro atoms. The van der Waals surface area contributed by atoms with E-state index in [0.29, 0.717) is 98.2 Å². The van der Waals surface area contributed by atoms with Crippen molar-refractivity contribution in [1.29, 1.82) is 0 Å². The van der Waals surface area contributed by atoms with Crippen LogP contribution in [0.25, 0.3) is 43.1 Å². The highest BCUT2D eigenvalue weighted by molar-refractivity contribution is 8.22. The van der Waals surface area contributed by atoms with Crippen LogP contribution in [-0.2, 0) is 82.8 Å². The summed E-state index contributed by atoms with van der Waals surface area (Å²) in [6.45, 7) is 12.7. The lowest BCUT2D eigenvalue weighted by Crippen LogP contribution is -2.56. The highest BCUT2D eigenvalue weighted by Gasteiger charge is 2.48. The number of hydrogen-bond acceptors (Lipinski definition) is 26. The maximum absolute atomic E-state index is 16.5. The first kappa shape index (κ1) is 93.7. The molecule has 9 aromatic rings. The normalized spacial score (nSPS) is 14.2. The summed E-state index contributed by atoms with van der Waals surface area (Å²) in [5.41, 5.74) is 3.05. The predicted molar refractivity (Wildman–Crippen MR) is 477 cm³/mol. The molecule has 2 aliphatic rings. The number of nitrogens with zero attached hydrogens (tertiary/aromatic N) is 2. The molecule has 2 atom stereocenters. The molecule has 11 rings (SSSR count). The van der Waals surface area contributed by atoms with Crippen molar-refractivity contribution in [2.24, 2.45) is 11.8 Å². The molecular weight excluding hydrogens is 1650 g/mol. The molecule has 0 saturated heterocycles. The highest BCUT2D eigenvalue weighted by atomic mass is 32.3. The Hall–Kier alpha value is -8.99. The minimum absolute atomic E-state index is 0.0130. The molecule has 6 amide bonds. The van der Waals surface area contributed by atoms with E-state index in [9.17, 15) is 9.59 Å². The molecule has 0 aromatic heterocycles. The molecule has 34 heteroatoms. The Bertz CT molecular complexity index is 4510. The Morgan fingerprint density at radius 2 is 0.656 bits per heavy atom. The van der Waals surface area contributed by atoms with Gasteiger partial charge in [-0.05, 0) is 160 Å². The summed E-state index contributed by atoms with van der Waals surface area (Å²) in [4.78, 5) is 97.9.